The fourth-order valence-electron chi connectivity index (χ4n) is 14.7. The van der Waals surface area contributed by atoms with E-state index in [1.165, 1.54) is 102 Å². The summed E-state index contributed by atoms with van der Waals surface area (Å²) in [6, 6.07) is 0. The van der Waals surface area contributed by atoms with Gasteiger partial charge in [0.25, 0.3) is 0 Å². The highest BCUT2D eigenvalue weighted by molar-refractivity contribution is 5.18. The van der Waals surface area contributed by atoms with Gasteiger partial charge in [-0.15, -0.1) is 0 Å². The number of fused-ring (bicyclic) bond motifs is 6. The fourth-order valence-corrected chi connectivity index (χ4v) is 14.7. The number of ether oxygens (including phenoxy) is 6. The lowest BCUT2D eigenvalue weighted by atomic mass is 9.57. The van der Waals surface area contributed by atoms with E-state index in [9.17, 15) is 10.2 Å². The first-order valence-corrected chi connectivity index (χ1v) is 22.2. The van der Waals surface area contributed by atoms with Crippen LogP contribution in [0.5, 0.6) is 0 Å². The van der Waals surface area contributed by atoms with Gasteiger partial charge in [0, 0.05) is 58.2 Å². The molecule has 0 aromatic heterocycles. The van der Waals surface area contributed by atoms with Gasteiger partial charge >= 0.3 is 0 Å². The van der Waals surface area contributed by atoms with Crippen LogP contribution in [0.1, 0.15) is 117 Å². The summed E-state index contributed by atoms with van der Waals surface area (Å²) in [6.07, 6.45) is 20.7. The van der Waals surface area contributed by atoms with Gasteiger partial charge in [-0.05, 0) is 125 Å². The lowest BCUT2D eigenvalue weighted by Gasteiger charge is -2.47. The van der Waals surface area contributed by atoms with Crippen molar-refractivity contribution in [1.82, 2.24) is 0 Å². The van der Waals surface area contributed by atoms with E-state index in [0.717, 1.165) is 35.5 Å². The molecule has 20 atom stereocenters. The van der Waals surface area contributed by atoms with Gasteiger partial charge in [-0.1, -0.05) is 63.5 Å². The maximum Gasteiger partial charge on any atom is 0.161 e. The summed E-state index contributed by atoms with van der Waals surface area (Å²) < 4.78 is 34.4. The molecule has 9 aliphatic rings. The first kappa shape index (κ1) is 40.6. The van der Waals surface area contributed by atoms with Crippen LogP contribution >= 0.6 is 0 Å². The van der Waals surface area contributed by atoms with Crippen molar-refractivity contribution in [3.05, 3.63) is 12.2 Å². The second kappa shape index (κ2) is 17.9. The molecular weight excluding hydrogens is 668 g/mol. The number of aliphatic hydroxyl groups excluding tert-OH is 2. The highest BCUT2D eigenvalue weighted by Crippen LogP contribution is 2.56. The maximum absolute atomic E-state index is 9.86. The van der Waals surface area contributed by atoms with Crippen LogP contribution in [0.25, 0.3) is 0 Å². The van der Waals surface area contributed by atoms with Gasteiger partial charge in [-0.3, -0.25) is 0 Å². The monoisotopic (exact) mass is 745 g/mol. The number of hydrogen-bond acceptors (Lipinski definition) is 8. The van der Waals surface area contributed by atoms with E-state index in [2.05, 4.69) is 27.4 Å². The van der Waals surface area contributed by atoms with Gasteiger partial charge < -0.3 is 38.6 Å². The topological polar surface area (TPSA) is 95.8 Å². The molecule has 8 heteroatoms. The average Bonchev–Trinajstić information content (AvgIpc) is 3.82. The number of aliphatic hydroxyl groups is 2. The van der Waals surface area contributed by atoms with Crippen LogP contribution in [0, 0.1) is 82.9 Å². The number of hydrogen-bond donors (Lipinski definition) is 2. The molecule has 2 N–H and O–H groups in total. The largest absolute Gasteiger partial charge is 0.396 e. The lowest BCUT2D eigenvalue weighted by molar-refractivity contribution is -0.132. The molecule has 6 saturated carbocycles. The fraction of sp³-hybridized carbons (Fsp3) is 0.956. The Kier molecular flexibility index (Phi) is 13.7. The van der Waals surface area contributed by atoms with Crippen molar-refractivity contribution in [1.29, 1.82) is 0 Å². The molecule has 0 spiro atoms. The maximum atomic E-state index is 9.86. The molecule has 3 saturated heterocycles. The molecular formula is C45H76O8. The second-order valence-electron chi connectivity index (χ2n) is 19.1. The van der Waals surface area contributed by atoms with Crippen LogP contribution in [0.3, 0.4) is 0 Å². The standard InChI is InChI=1S/2C15H26O3.C15H24O2/c2*1-9-14-12(15(17-2)18-9)7-10-5-3-4-6-11(10)13(14)8-16;1-9-12-7-5-4-6-11(12)8-13-14(9)10(2)17-15(13)16-3/h2*9-16H,3-8H2,1-2H3;10-15H,1,4-8H2,2-3H3/t2*9?,10?,11?,12?,13-,14?,15?;/m10./s1. The van der Waals surface area contributed by atoms with E-state index in [1.54, 1.807) is 21.3 Å². The summed E-state index contributed by atoms with van der Waals surface area (Å²) in [4.78, 5) is 0. The van der Waals surface area contributed by atoms with Gasteiger partial charge in [0.15, 0.2) is 18.9 Å². The van der Waals surface area contributed by atoms with Crippen LogP contribution in [-0.4, -0.2) is 81.9 Å². The van der Waals surface area contributed by atoms with Crippen LogP contribution in [0.2, 0.25) is 0 Å². The quantitative estimate of drug-likeness (QED) is 0.272. The molecule has 6 aliphatic carbocycles. The summed E-state index contributed by atoms with van der Waals surface area (Å²) in [7, 11) is 5.27. The Balaban J connectivity index is 0.000000123. The molecule has 0 radical (unpaired) electrons. The highest BCUT2D eigenvalue weighted by Gasteiger charge is 2.56. The Hall–Kier alpha value is -0.580. The predicted octanol–water partition coefficient (Wildman–Crippen LogP) is 8.23. The molecule has 9 rings (SSSR count). The Morgan fingerprint density at radius 3 is 1.40 bits per heavy atom. The van der Waals surface area contributed by atoms with E-state index in [-0.39, 0.29) is 31.1 Å². The van der Waals surface area contributed by atoms with Crippen molar-refractivity contribution >= 4 is 0 Å². The number of methoxy groups -OCH3 is 3. The van der Waals surface area contributed by atoms with Crippen molar-refractivity contribution in [3.8, 4) is 0 Å². The molecule has 0 aromatic rings. The summed E-state index contributed by atoms with van der Waals surface area (Å²) in [5.74, 6) is 8.64. The molecule has 8 nitrogen and oxygen atoms in total. The zero-order chi connectivity index (χ0) is 37.4. The molecule has 0 aromatic carbocycles. The second-order valence-corrected chi connectivity index (χ2v) is 19.1. The van der Waals surface area contributed by atoms with Gasteiger partial charge in [-0.25, -0.2) is 0 Å². The van der Waals surface area contributed by atoms with Crippen molar-refractivity contribution in [3.63, 3.8) is 0 Å². The van der Waals surface area contributed by atoms with Crippen molar-refractivity contribution in [2.75, 3.05) is 34.5 Å². The van der Waals surface area contributed by atoms with Crippen LogP contribution < -0.4 is 0 Å². The zero-order valence-electron chi connectivity index (χ0n) is 34.1. The lowest BCUT2D eigenvalue weighted by Crippen LogP contribution is -2.45. The van der Waals surface area contributed by atoms with E-state index in [0.29, 0.717) is 66.7 Å². The Morgan fingerprint density at radius 1 is 0.528 bits per heavy atom. The Bertz CT molecular complexity index is 1120. The summed E-state index contributed by atoms with van der Waals surface area (Å²) in [5.41, 5.74) is 1.47. The predicted molar refractivity (Wildman–Crippen MR) is 205 cm³/mol. The minimum Gasteiger partial charge on any atom is -0.396 e. The van der Waals surface area contributed by atoms with Crippen molar-refractivity contribution in [2.24, 2.45) is 82.9 Å². The Morgan fingerprint density at radius 2 is 0.925 bits per heavy atom. The third-order valence-electron chi connectivity index (χ3n) is 16.8. The van der Waals surface area contributed by atoms with E-state index >= 15 is 0 Å². The van der Waals surface area contributed by atoms with Gasteiger partial charge in [0.1, 0.15) is 0 Å². The van der Waals surface area contributed by atoms with Gasteiger partial charge in [0.2, 0.25) is 0 Å². The van der Waals surface area contributed by atoms with E-state index < -0.39 is 0 Å². The smallest absolute Gasteiger partial charge is 0.161 e. The normalized spacial score (nSPS) is 51.2. The van der Waals surface area contributed by atoms with E-state index in [4.69, 9.17) is 28.4 Å². The zero-order valence-corrected chi connectivity index (χ0v) is 34.1. The SMILES string of the molecule is C=C1C2CCCCC2CC2C(OC)OC(C)C12.COC1OC(C)C2C1CC1CCCCC1[C@@H]2CO.COC1OC(C)C2C1CC1CCCCC1[C@H]2CO. The molecule has 0 amide bonds. The molecule has 18 unspecified atom stereocenters. The molecule has 0 bridgehead atoms. The minimum atomic E-state index is -0.0399. The molecule has 3 aliphatic heterocycles. The van der Waals surface area contributed by atoms with E-state index in [1.807, 2.05) is 0 Å². The minimum absolute atomic E-state index is 0.00891. The molecule has 3 heterocycles. The number of rotatable bonds is 5. The van der Waals surface area contributed by atoms with Gasteiger partial charge in [0.05, 0.1) is 18.3 Å². The van der Waals surface area contributed by atoms with Crippen molar-refractivity contribution in [2.45, 2.75) is 154 Å². The Labute approximate surface area is 321 Å². The van der Waals surface area contributed by atoms with Crippen LogP contribution in [0.15, 0.2) is 12.2 Å². The third-order valence-corrected chi connectivity index (χ3v) is 16.8. The molecule has 53 heavy (non-hydrogen) atoms. The van der Waals surface area contributed by atoms with Crippen molar-refractivity contribution < 1.29 is 38.6 Å². The third kappa shape index (κ3) is 7.86. The highest BCUT2D eigenvalue weighted by atomic mass is 16.7. The molecule has 304 valence electrons. The van der Waals surface area contributed by atoms with Crippen LogP contribution in [0.4, 0.5) is 0 Å². The van der Waals surface area contributed by atoms with Crippen LogP contribution in [-0.2, 0) is 28.4 Å². The first-order chi connectivity index (χ1) is 25.7. The van der Waals surface area contributed by atoms with Gasteiger partial charge in [-0.2, -0.15) is 0 Å². The summed E-state index contributed by atoms with van der Waals surface area (Å²) in [6.45, 7) is 11.6. The first-order valence-electron chi connectivity index (χ1n) is 22.2. The summed E-state index contributed by atoms with van der Waals surface area (Å²) >= 11 is 0. The average molecular weight is 745 g/mol. The molecule has 9 fully saturated rings. The summed E-state index contributed by atoms with van der Waals surface area (Å²) in [5, 5.41) is 19.7.